The van der Waals surface area contributed by atoms with Crippen LogP contribution in [0.15, 0.2) is 0 Å². The molecule has 2 heterocycles. The second-order valence-electron chi connectivity index (χ2n) is 9.72. The molecule has 1 N–H and O–H groups in total. The average molecular weight is 506 g/mol. The molecule has 2 rings (SSSR count). The first kappa shape index (κ1) is 26.1. The molecule has 0 saturated carbocycles. The Bertz CT molecular complexity index is 546. The molecule has 194 valence electrons. The third-order valence-corrected chi connectivity index (χ3v) is 9.63. The van der Waals surface area contributed by atoms with E-state index in [0.717, 1.165) is 103 Å². The molecule has 0 aromatic heterocycles. The maximum atomic E-state index is 12.1. The Morgan fingerprint density at radius 1 is 0.909 bits per heavy atom. The first-order chi connectivity index (χ1) is 17.1. The summed E-state index contributed by atoms with van der Waals surface area (Å²) in [5.41, 5.74) is 0. The third kappa shape index (κ3) is 14.9. The molecule has 6 nitrogen and oxygen atoms in total. The molecule has 2 saturated heterocycles. The van der Waals surface area contributed by atoms with E-state index in [4.69, 9.17) is 2.74 Å². The van der Waals surface area contributed by atoms with Crippen LogP contribution < -0.4 is 5.32 Å². The molecule has 0 aromatic carbocycles. The van der Waals surface area contributed by atoms with Gasteiger partial charge in [0.05, 0.1) is 0 Å². The summed E-state index contributed by atoms with van der Waals surface area (Å²) in [6.07, 6.45) is 9.73. The molecule has 0 radical (unpaired) electrons. The number of likely N-dealkylation sites (N-methyl/N-ethyl adjacent to an activating group) is 3. The molecule has 0 spiro atoms. The zero-order valence-electron chi connectivity index (χ0n) is 23.1. The first-order valence-electron chi connectivity index (χ1n) is 14.5. The minimum atomic E-state index is 0.212. The second kappa shape index (κ2) is 18.3. The molecule has 0 aliphatic carbocycles. The zero-order valence-corrected chi connectivity index (χ0v) is 22.8. The van der Waals surface area contributed by atoms with Crippen LogP contribution in [0.4, 0.5) is 0 Å². The maximum Gasteiger partial charge on any atom is 0.219 e. The monoisotopic (exact) mass is 505 g/mol. The number of hydrogen-bond acceptors (Lipinski definition) is 7. The second-order valence-corrected chi connectivity index (χ2v) is 12.5. The van der Waals surface area contributed by atoms with Gasteiger partial charge in [-0.3, -0.25) is 4.79 Å². The summed E-state index contributed by atoms with van der Waals surface area (Å²) in [4.78, 5) is 21.5. The van der Waals surface area contributed by atoms with Crippen LogP contribution in [0.2, 0.25) is 0 Å². The summed E-state index contributed by atoms with van der Waals surface area (Å²) in [5, 5.41) is 3.93. The van der Waals surface area contributed by atoms with Gasteiger partial charge in [-0.15, -0.1) is 0 Å². The Morgan fingerprint density at radius 3 is 2.39 bits per heavy atom. The van der Waals surface area contributed by atoms with Crippen molar-refractivity contribution in [1.82, 2.24) is 24.9 Å². The van der Waals surface area contributed by atoms with Crippen molar-refractivity contribution in [2.24, 2.45) is 0 Å². The lowest BCUT2D eigenvalue weighted by Crippen LogP contribution is -2.39. The topological polar surface area (TPSA) is 42.1 Å². The van der Waals surface area contributed by atoms with Crippen LogP contribution in [0.1, 0.15) is 60.5 Å². The molecular formula is C25H51N5OS2. The Labute approximate surface area is 215 Å². The van der Waals surface area contributed by atoms with Crippen molar-refractivity contribution >= 4 is 27.5 Å². The van der Waals surface area contributed by atoms with Gasteiger partial charge in [0.15, 0.2) is 0 Å². The molecule has 1 unspecified atom stereocenters. The number of nitrogens with one attached hydrogen (secondary N) is 1. The predicted octanol–water partition coefficient (Wildman–Crippen LogP) is 3.49. The van der Waals surface area contributed by atoms with Gasteiger partial charge in [0, 0.05) is 52.9 Å². The minimum Gasteiger partial charge on any atom is -0.356 e. The van der Waals surface area contributed by atoms with Crippen LogP contribution in [-0.4, -0.2) is 123 Å². The molecular weight excluding hydrogens is 450 g/mol. The van der Waals surface area contributed by atoms with Crippen molar-refractivity contribution in [3.63, 3.8) is 0 Å². The number of rotatable bonds is 10. The molecule has 2 aliphatic heterocycles. The third-order valence-electron chi connectivity index (χ3n) is 6.62. The van der Waals surface area contributed by atoms with Crippen molar-refractivity contribution < 1.29 is 7.54 Å². The summed E-state index contributed by atoms with van der Waals surface area (Å²) in [5.74, 6) is 1.50. The fraction of sp³-hybridized carbons (Fsp3) is 0.960. The van der Waals surface area contributed by atoms with E-state index in [2.05, 4.69) is 32.0 Å². The van der Waals surface area contributed by atoms with Crippen molar-refractivity contribution in [2.75, 3.05) is 92.3 Å². The van der Waals surface area contributed by atoms with Crippen molar-refractivity contribution in [1.29, 1.82) is 0 Å². The van der Waals surface area contributed by atoms with Gasteiger partial charge in [0.1, 0.15) is 0 Å². The molecule has 0 aromatic rings. The summed E-state index contributed by atoms with van der Waals surface area (Å²) < 4.78 is 15.7. The number of unbranched alkanes of at least 4 members (excludes halogenated alkanes) is 2. The van der Waals surface area contributed by atoms with Crippen LogP contribution >= 0.6 is 21.6 Å². The van der Waals surface area contributed by atoms with E-state index in [1.165, 1.54) is 25.0 Å². The van der Waals surface area contributed by atoms with Crippen molar-refractivity contribution in [2.45, 2.75) is 63.0 Å². The fourth-order valence-electron chi connectivity index (χ4n) is 4.35. The lowest BCUT2D eigenvalue weighted by atomic mass is 10.1. The summed E-state index contributed by atoms with van der Waals surface area (Å²) >= 11 is 0. The van der Waals surface area contributed by atoms with Gasteiger partial charge in [-0.05, 0) is 98.8 Å². The number of carbonyl (C=O) groups is 1. The highest BCUT2D eigenvalue weighted by atomic mass is 33.1. The van der Waals surface area contributed by atoms with Gasteiger partial charge in [-0.2, -0.15) is 0 Å². The average Bonchev–Trinajstić information content (AvgIpc) is 3.38. The summed E-state index contributed by atoms with van der Waals surface area (Å²) in [6.45, 7) is 9.79. The molecule has 2 fully saturated rings. The van der Waals surface area contributed by atoms with Gasteiger partial charge in [-0.1, -0.05) is 28.0 Å². The smallest absolute Gasteiger partial charge is 0.219 e. The molecule has 0 bridgehead atoms. The quantitative estimate of drug-likeness (QED) is 0.360. The standard InChI is InChI=1S/C25H51N5OS2/c1-27-14-8-15-29(3)21-22-30(18-9-16-28(2)20-19-27)17-7-6-13-26-25(31)11-5-4-10-24-12-23-32-33-24/h24H,4-23H2,1-3H3,(H,26,31)/i2T,3T. The summed E-state index contributed by atoms with van der Waals surface area (Å²) in [7, 11) is 6.93. The van der Waals surface area contributed by atoms with Crippen LogP contribution in [0, 0.1) is 0 Å². The molecule has 1 amide bonds. The highest BCUT2D eigenvalue weighted by Gasteiger charge is 2.16. The van der Waals surface area contributed by atoms with Crippen LogP contribution in [-0.2, 0) is 4.79 Å². The summed E-state index contributed by atoms with van der Waals surface area (Å²) in [6, 6.07) is 0. The molecule has 1 atom stereocenters. The van der Waals surface area contributed by atoms with E-state index in [1.807, 2.05) is 21.6 Å². The van der Waals surface area contributed by atoms with Gasteiger partial charge >= 0.3 is 0 Å². The predicted molar refractivity (Wildman–Crippen MR) is 147 cm³/mol. The Balaban J connectivity index is 1.62. The van der Waals surface area contributed by atoms with Gasteiger partial charge in [0.2, 0.25) is 5.91 Å². The van der Waals surface area contributed by atoms with E-state index in [-0.39, 0.29) is 5.91 Å². The van der Waals surface area contributed by atoms with Crippen LogP contribution in [0.5, 0.6) is 0 Å². The molecule has 2 aliphatic rings. The minimum absolute atomic E-state index is 0.212. The highest BCUT2D eigenvalue weighted by molar-refractivity contribution is 8.77. The van der Waals surface area contributed by atoms with E-state index >= 15 is 0 Å². The van der Waals surface area contributed by atoms with E-state index in [0.29, 0.717) is 20.5 Å². The normalized spacial score (nSPS) is 24.8. The molecule has 8 heteroatoms. The Kier molecular flexibility index (Phi) is 14.5. The Morgan fingerprint density at radius 2 is 1.64 bits per heavy atom. The highest BCUT2D eigenvalue weighted by Crippen LogP contribution is 2.39. The van der Waals surface area contributed by atoms with E-state index in [9.17, 15) is 4.79 Å². The lowest BCUT2D eigenvalue weighted by Gasteiger charge is -2.28. The number of nitrogens with zero attached hydrogens (tertiary/aromatic N) is 4. The van der Waals surface area contributed by atoms with Crippen molar-refractivity contribution in [3.05, 3.63) is 0 Å². The van der Waals surface area contributed by atoms with Gasteiger partial charge in [-0.25, -0.2) is 0 Å². The fourth-order valence-corrected chi connectivity index (χ4v) is 7.37. The first-order valence-corrected chi connectivity index (χ1v) is 15.5. The maximum absolute atomic E-state index is 12.1. The van der Waals surface area contributed by atoms with Crippen molar-refractivity contribution in [3.8, 4) is 0 Å². The number of carbonyl (C=O) groups excluding carboxylic acids is 1. The van der Waals surface area contributed by atoms with E-state index in [1.54, 1.807) is 0 Å². The van der Waals surface area contributed by atoms with Crippen LogP contribution in [0.25, 0.3) is 0 Å². The largest absolute Gasteiger partial charge is 0.356 e. The lowest BCUT2D eigenvalue weighted by molar-refractivity contribution is -0.121. The number of hydrogen-bond donors (Lipinski definition) is 1. The zero-order chi connectivity index (χ0) is 25.1. The Hall–Kier alpha value is 0.01000. The SMILES string of the molecule is [3H]CN1CCCN(CCCCNC(=O)CCCCC2CCSS2)CCN(C[3H])CCCN(C)CC1. The van der Waals surface area contributed by atoms with Gasteiger partial charge < -0.3 is 24.9 Å². The van der Waals surface area contributed by atoms with Gasteiger partial charge in [0.25, 0.3) is 0 Å². The number of amides is 1. The molecule has 33 heavy (non-hydrogen) atoms. The van der Waals surface area contributed by atoms with E-state index < -0.39 is 0 Å². The van der Waals surface area contributed by atoms with Crippen LogP contribution in [0.3, 0.4) is 0 Å².